The summed E-state index contributed by atoms with van der Waals surface area (Å²) in [6, 6.07) is 0. The first-order chi connectivity index (χ1) is 12.0. The predicted octanol–water partition coefficient (Wildman–Crippen LogP) is 7.77. The summed E-state index contributed by atoms with van der Waals surface area (Å²) < 4.78 is 0. The molecule has 0 amide bonds. The lowest BCUT2D eigenvalue weighted by atomic mass is 9.81. The molecule has 0 aliphatic rings. The molecule has 26 heavy (non-hydrogen) atoms. The highest BCUT2D eigenvalue weighted by Crippen LogP contribution is 2.32. The number of carbonyl (C=O) groups excluding carboxylic acids is 1. The van der Waals surface area contributed by atoms with Crippen LogP contribution >= 0.6 is 37.2 Å². The highest BCUT2D eigenvalue weighted by Gasteiger charge is 2.24. The summed E-state index contributed by atoms with van der Waals surface area (Å²) in [5.41, 5.74) is 13.8. The van der Waals surface area contributed by atoms with Crippen molar-refractivity contribution in [2.45, 2.75) is 69.2 Å². The van der Waals surface area contributed by atoms with E-state index in [-0.39, 0.29) is 5.78 Å². The van der Waals surface area contributed by atoms with E-state index in [9.17, 15) is 4.79 Å². The molecule has 0 spiro atoms. The lowest BCUT2D eigenvalue weighted by molar-refractivity contribution is 0.103. The Morgan fingerprint density at radius 2 is 0.577 bits per heavy atom. The zero-order valence-electron chi connectivity index (χ0n) is 17.7. The van der Waals surface area contributed by atoms with E-state index in [2.05, 4.69) is 106 Å². The number of benzene rings is 2. The average molecular weight is 576 g/mol. The quantitative estimate of drug-likeness (QED) is 0.264. The summed E-state index contributed by atoms with van der Waals surface area (Å²) >= 11 is 4.24. The van der Waals surface area contributed by atoms with Gasteiger partial charge in [0.15, 0.2) is 5.78 Å². The molecule has 0 saturated carbocycles. The summed E-state index contributed by atoms with van der Waals surface area (Å²) in [5, 5.41) is 0. The van der Waals surface area contributed by atoms with Crippen LogP contribution in [0.5, 0.6) is 0 Å². The first-order valence-electron chi connectivity index (χ1n) is 8.85. The maximum absolute atomic E-state index is 13.6. The zero-order valence-corrected chi connectivity index (χ0v) is 22.0. The molecule has 1 nitrogen and oxygen atoms in total. The maximum Gasteiger partial charge on any atom is 0.194 e. The van der Waals surface area contributed by atoms with Crippen molar-refractivity contribution in [3.8, 4) is 0 Å². The fourth-order valence-corrected chi connectivity index (χ4v) is 3.81. The van der Waals surface area contributed by atoms with Crippen molar-refractivity contribution < 1.29 is 4.79 Å². The van der Waals surface area contributed by atoms with Crippen LogP contribution in [0.25, 0.3) is 0 Å². The molecular weight excluding hydrogens is 546 g/mol. The van der Waals surface area contributed by atoms with E-state index >= 15 is 0 Å². The summed E-state index contributed by atoms with van der Waals surface area (Å²) in [4.78, 5) is 13.6. The molecule has 3 heteroatoms. The Balaban J connectivity index is 0.00000163. The van der Waals surface area contributed by atoms with E-state index in [0.29, 0.717) is 0 Å². The van der Waals surface area contributed by atoms with Gasteiger partial charge in [0.1, 0.15) is 0 Å². The highest BCUT2D eigenvalue weighted by atomic mass is 128. The number of hydrogen-bond donors (Lipinski definition) is 0. The number of rotatable bonds is 2. The Kier molecular flexibility index (Phi) is 8.33. The number of ketones is 1. The fraction of sp³-hybridized carbons (Fsp3) is 0.435. The molecule has 2 aromatic carbocycles. The fourth-order valence-electron chi connectivity index (χ4n) is 3.81. The molecule has 0 unspecified atom stereocenters. The number of hydrogen-bond acceptors (Lipinski definition) is 1. The van der Waals surface area contributed by atoms with Gasteiger partial charge in [-0.15, -0.1) is 0 Å². The average Bonchev–Trinajstić information content (AvgIpc) is 2.63. The van der Waals surface area contributed by atoms with Gasteiger partial charge in [-0.25, -0.2) is 0 Å². The van der Waals surface area contributed by atoms with Gasteiger partial charge in [-0.05, 0) is 125 Å². The summed E-state index contributed by atoms with van der Waals surface area (Å²) in [6.07, 6.45) is 0. The lowest BCUT2D eigenvalue weighted by Crippen LogP contribution is -2.15. The Labute approximate surface area is 182 Å². The third-order valence-corrected chi connectivity index (χ3v) is 6.45. The minimum Gasteiger partial charge on any atom is -0.289 e. The van der Waals surface area contributed by atoms with Gasteiger partial charge in [0.2, 0.25) is 0 Å². The van der Waals surface area contributed by atoms with Crippen molar-refractivity contribution in [3.63, 3.8) is 0 Å². The molecule has 2 aromatic rings. The molecule has 0 bridgehead atoms. The van der Waals surface area contributed by atoms with Gasteiger partial charge in [-0.1, -0.05) is 0 Å². The van der Waals surface area contributed by atoms with Crippen LogP contribution in [0.15, 0.2) is 0 Å². The lowest BCUT2D eigenvalue weighted by Gasteiger charge is -2.22. The van der Waals surface area contributed by atoms with E-state index < -0.39 is 0 Å². The Morgan fingerprint density at radius 3 is 0.769 bits per heavy atom. The number of halogens is 2. The molecule has 0 radical (unpaired) electrons. The van der Waals surface area contributed by atoms with Crippen LogP contribution in [0, 0.1) is 69.2 Å². The second-order valence-electron chi connectivity index (χ2n) is 7.33. The molecule has 2 rings (SSSR count). The van der Waals surface area contributed by atoms with E-state index in [4.69, 9.17) is 0 Å². The molecule has 142 valence electrons. The molecule has 0 fully saturated rings. The SMILES string of the molecule is Cc1c(C)c(C)c(C(=O)c2c(C)c(C)c(C)c(C)c2C)c(C)c1C.II. The van der Waals surface area contributed by atoms with Crippen molar-refractivity contribution in [1.82, 2.24) is 0 Å². The van der Waals surface area contributed by atoms with Crippen LogP contribution in [-0.2, 0) is 0 Å². The van der Waals surface area contributed by atoms with Crippen molar-refractivity contribution in [1.29, 1.82) is 0 Å². The van der Waals surface area contributed by atoms with E-state index in [0.717, 1.165) is 33.4 Å². The highest BCUT2D eigenvalue weighted by molar-refractivity contribution is 15.0. The first-order valence-corrected chi connectivity index (χ1v) is 15.1. The Hall–Kier alpha value is -0.430. The largest absolute Gasteiger partial charge is 0.289 e. The predicted molar refractivity (Wildman–Crippen MR) is 132 cm³/mol. The van der Waals surface area contributed by atoms with Crippen molar-refractivity contribution >= 4 is 43.0 Å². The van der Waals surface area contributed by atoms with Crippen LogP contribution in [0.2, 0.25) is 0 Å². The van der Waals surface area contributed by atoms with Crippen LogP contribution in [0.1, 0.15) is 71.6 Å². The van der Waals surface area contributed by atoms with E-state index in [1.165, 1.54) is 33.4 Å². The standard InChI is InChI=1S/C23H30O.I2/c1-11-13(3)17(7)21(18(8)14(11)4)23(24)22-19(9)15(5)12(2)16(6)20(22)10;1-2/h1-10H3;. The van der Waals surface area contributed by atoms with Crippen LogP contribution in [-0.4, -0.2) is 5.78 Å². The van der Waals surface area contributed by atoms with Gasteiger partial charge in [0, 0.05) is 48.4 Å². The normalized spacial score (nSPS) is 10.5. The van der Waals surface area contributed by atoms with Crippen LogP contribution in [0.4, 0.5) is 0 Å². The third-order valence-electron chi connectivity index (χ3n) is 6.45. The first kappa shape index (κ1) is 23.6. The van der Waals surface area contributed by atoms with Gasteiger partial charge >= 0.3 is 0 Å². The van der Waals surface area contributed by atoms with Gasteiger partial charge in [0.25, 0.3) is 0 Å². The zero-order chi connectivity index (χ0) is 20.5. The van der Waals surface area contributed by atoms with Gasteiger partial charge in [-0.2, -0.15) is 0 Å². The number of carbonyl (C=O) groups is 1. The molecule has 0 aliphatic carbocycles. The second-order valence-corrected chi connectivity index (χ2v) is 7.33. The second kappa shape index (κ2) is 9.18. The molecule has 0 aliphatic heterocycles. The summed E-state index contributed by atoms with van der Waals surface area (Å²) in [6.45, 7) is 21.1. The summed E-state index contributed by atoms with van der Waals surface area (Å²) in [7, 11) is 0. The van der Waals surface area contributed by atoms with Crippen LogP contribution < -0.4 is 0 Å². The van der Waals surface area contributed by atoms with Gasteiger partial charge < -0.3 is 0 Å². The molecule has 0 aromatic heterocycles. The maximum atomic E-state index is 13.6. The van der Waals surface area contributed by atoms with E-state index in [1.54, 1.807) is 0 Å². The van der Waals surface area contributed by atoms with Gasteiger partial charge in [-0.3, -0.25) is 4.79 Å². The smallest absolute Gasteiger partial charge is 0.194 e. The third kappa shape index (κ3) is 3.89. The van der Waals surface area contributed by atoms with Gasteiger partial charge in [0.05, 0.1) is 0 Å². The molecule has 0 saturated heterocycles. The molecular formula is C23H30I2O. The molecule has 0 atom stereocenters. The van der Waals surface area contributed by atoms with Crippen LogP contribution in [0.3, 0.4) is 0 Å². The monoisotopic (exact) mass is 576 g/mol. The van der Waals surface area contributed by atoms with E-state index in [1.807, 2.05) is 0 Å². The Bertz CT molecular complexity index is 747. The molecule has 0 N–H and O–H groups in total. The minimum absolute atomic E-state index is 0.178. The van der Waals surface area contributed by atoms with Crippen molar-refractivity contribution in [2.24, 2.45) is 0 Å². The molecule has 0 heterocycles. The Morgan fingerprint density at radius 1 is 0.423 bits per heavy atom. The summed E-state index contributed by atoms with van der Waals surface area (Å²) in [5.74, 6) is 0.178. The topological polar surface area (TPSA) is 17.1 Å². The minimum atomic E-state index is 0.178. The van der Waals surface area contributed by atoms with Crippen molar-refractivity contribution in [2.75, 3.05) is 0 Å². The van der Waals surface area contributed by atoms with Crippen molar-refractivity contribution in [3.05, 3.63) is 66.8 Å².